The molecule has 0 aliphatic heterocycles. The van der Waals surface area contributed by atoms with Gasteiger partial charge in [-0.05, 0) is 32.3 Å². The van der Waals surface area contributed by atoms with Gasteiger partial charge in [-0.25, -0.2) is 4.79 Å². The van der Waals surface area contributed by atoms with Crippen LogP contribution in [0.1, 0.15) is 46.1 Å². The van der Waals surface area contributed by atoms with Crippen LogP contribution in [0.5, 0.6) is 0 Å². The van der Waals surface area contributed by atoms with E-state index in [0.717, 1.165) is 12.0 Å². The maximum absolute atomic E-state index is 11.8. The molecule has 0 saturated heterocycles. The molecule has 2 N–H and O–H groups in total. The van der Waals surface area contributed by atoms with Crippen LogP contribution in [0, 0.1) is 0 Å². The first kappa shape index (κ1) is 14.7. The Hall–Kier alpha value is -1.35. The van der Waals surface area contributed by atoms with Gasteiger partial charge in [0.05, 0.1) is 0 Å². The highest BCUT2D eigenvalue weighted by Crippen LogP contribution is 2.29. The van der Waals surface area contributed by atoms with E-state index >= 15 is 0 Å². The summed E-state index contributed by atoms with van der Waals surface area (Å²) < 4.78 is 0. The van der Waals surface area contributed by atoms with E-state index in [4.69, 9.17) is 0 Å². The standard InChI is InChI=1S/C15H23NO2/c1-5-14(3,4)16-15(6-2,13(17)18)12-10-8-7-9-11-12/h7-11,16H,5-6H2,1-4H3,(H,17,18). The van der Waals surface area contributed by atoms with Crippen LogP contribution in [0.25, 0.3) is 0 Å². The third kappa shape index (κ3) is 2.91. The number of carboxylic acids is 1. The molecule has 0 fully saturated rings. The number of carbonyl (C=O) groups is 1. The lowest BCUT2D eigenvalue weighted by Gasteiger charge is -2.38. The number of hydrogen-bond acceptors (Lipinski definition) is 2. The average Bonchev–Trinajstić information content (AvgIpc) is 2.37. The molecular formula is C15H23NO2. The lowest BCUT2D eigenvalue weighted by atomic mass is 9.84. The molecule has 1 aromatic rings. The number of aliphatic carboxylic acids is 1. The van der Waals surface area contributed by atoms with Crippen LogP contribution < -0.4 is 5.32 Å². The summed E-state index contributed by atoms with van der Waals surface area (Å²) in [6.07, 6.45) is 1.38. The molecule has 0 heterocycles. The Bertz CT molecular complexity index is 400. The molecule has 3 nitrogen and oxygen atoms in total. The summed E-state index contributed by atoms with van der Waals surface area (Å²) in [5.74, 6) is -0.822. The number of benzene rings is 1. The van der Waals surface area contributed by atoms with E-state index in [1.54, 1.807) is 0 Å². The van der Waals surface area contributed by atoms with E-state index in [9.17, 15) is 9.90 Å². The summed E-state index contributed by atoms with van der Waals surface area (Å²) in [6, 6.07) is 9.40. The molecule has 1 aromatic carbocycles. The van der Waals surface area contributed by atoms with E-state index in [1.807, 2.05) is 51.1 Å². The SMILES string of the molecule is CCC(C)(C)NC(CC)(C(=O)O)c1ccccc1. The lowest BCUT2D eigenvalue weighted by molar-refractivity contribution is -0.146. The van der Waals surface area contributed by atoms with Crippen LogP contribution >= 0.6 is 0 Å². The van der Waals surface area contributed by atoms with Gasteiger partial charge in [0, 0.05) is 5.54 Å². The molecule has 1 rings (SSSR count). The minimum atomic E-state index is -1.01. The molecule has 1 unspecified atom stereocenters. The zero-order valence-corrected chi connectivity index (χ0v) is 11.7. The van der Waals surface area contributed by atoms with Gasteiger partial charge >= 0.3 is 5.97 Å². The molecule has 0 amide bonds. The second-order valence-electron chi connectivity index (χ2n) is 5.29. The molecule has 0 saturated carbocycles. The highest BCUT2D eigenvalue weighted by Gasteiger charge is 2.41. The molecule has 0 aromatic heterocycles. The van der Waals surface area contributed by atoms with Crippen molar-refractivity contribution in [1.29, 1.82) is 0 Å². The Kier molecular flexibility index (Phi) is 4.52. The molecule has 1 atom stereocenters. The minimum absolute atomic E-state index is 0.218. The maximum atomic E-state index is 11.8. The normalized spacial score (nSPS) is 15.1. The van der Waals surface area contributed by atoms with Gasteiger partial charge in [-0.3, -0.25) is 5.32 Å². The third-order valence-corrected chi connectivity index (χ3v) is 3.60. The highest BCUT2D eigenvalue weighted by molar-refractivity contribution is 5.80. The molecule has 0 spiro atoms. The van der Waals surface area contributed by atoms with Crippen LogP contribution in [0.15, 0.2) is 30.3 Å². The van der Waals surface area contributed by atoms with Gasteiger partial charge in [-0.15, -0.1) is 0 Å². The number of carboxylic acid groups (broad SMARTS) is 1. The van der Waals surface area contributed by atoms with Gasteiger partial charge in [0.1, 0.15) is 5.54 Å². The summed E-state index contributed by atoms with van der Waals surface area (Å²) in [7, 11) is 0. The van der Waals surface area contributed by atoms with Crippen LogP contribution in [0.3, 0.4) is 0 Å². The average molecular weight is 249 g/mol. The number of rotatable bonds is 6. The fraction of sp³-hybridized carbons (Fsp3) is 0.533. The van der Waals surface area contributed by atoms with Gasteiger partial charge in [-0.2, -0.15) is 0 Å². The summed E-state index contributed by atoms with van der Waals surface area (Å²) in [5.41, 5.74) is -0.424. The van der Waals surface area contributed by atoms with Crippen molar-refractivity contribution in [3.63, 3.8) is 0 Å². The molecule has 3 heteroatoms. The Morgan fingerprint density at radius 2 is 1.72 bits per heavy atom. The van der Waals surface area contributed by atoms with Crippen molar-refractivity contribution in [3.8, 4) is 0 Å². The predicted molar refractivity (Wildman–Crippen MR) is 73.6 cm³/mol. The second kappa shape index (κ2) is 5.53. The summed E-state index contributed by atoms with van der Waals surface area (Å²) in [5, 5.41) is 13.0. The first-order chi connectivity index (χ1) is 8.38. The van der Waals surface area contributed by atoms with Crippen LogP contribution in [-0.2, 0) is 10.3 Å². The Morgan fingerprint density at radius 3 is 2.11 bits per heavy atom. The van der Waals surface area contributed by atoms with Crippen LogP contribution in [0.4, 0.5) is 0 Å². The molecule has 0 aliphatic carbocycles. The van der Waals surface area contributed by atoms with Crippen LogP contribution in [0.2, 0.25) is 0 Å². The van der Waals surface area contributed by atoms with Gasteiger partial charge in [0.25, 0.3) is 0 Å². The van der Waals surface area contributed by atoms with Gasteiger partial charge in [0.15, 0.2) is 0 Å². The lowest BCUT2D eigenvalue weighted by Crippen LogP contribution is -2.57. The molecule has 0 radical (unpaired) electrons. The van der Waals surface area contributed by atoms with Crippen LogP contribution in [-0.4, -0.2) is 16.6 Å². The quantitative estimate of drug-likeness (QED) is 0.814. The number of hydrogen-bond donors (Lipinski definition) is 2. The van der Waals surface area contributed by atoms with Crippen molar-refractivity contribution in [1.82, 2.24) is 5.32 Å². The summed E-state index contributed by atoms with van der Waals surface area (Å²) in [4.78, 5) is 11.8. The third-order valence-electron chi connectivity index (χ3n) is 3.60. The molecular weight excluding hydrogens is 226 g/mol. The largest absolute Gasteiger partial charge is 0.480 e. The van der Waals surface area contributed by atoms with E-state index in [-0.39, 0.29) is 5.54 Å². The van der Waals surface area contributed by atoms with E-state index in [1.165, 1.54) is 0 Å². The fourth-order valence-corrected chi connectivity index (χ4v) is 2.08. The molecule has 0 bridgehead atoms. The van der Waals surface area contributed by atoms with Crippen molar-refractivity contribution in [2.75, 3.05) is 0 Å². The van der Waals surface area contributed by atoms with Crippen molar-refractivity contribution in [3.05, 3.63) is 35.9 Å². The fourth-order valence-electron chi connectivity index (χ4n) is 2.08. The Balaban J connectivity index is 3.23. The van der Waals surface area contributed by atoms with E-state index in [2.05, 4.69) is 12.2 Å². The highest BCUT2D eigenvalue weighted by atomic mass is 16.4. The monoisotopic (exact) mass is 249 g/mol. The van der Waals surface area contributed by atoms with E-state index < -0.39 is 11.5 Å². The molecule has 100 valence electrons. The second-order valence-corrected chi connectivity index (χ2v) is 5.29. The predicted octanol–water partition coefficient (Wildman–Crippen LogP) is 3.15. The summed E-state index contributed by atoms with van der Waals surface area (Å²) in [6.45, 7) is 8.02. The topological polar surface area (TPSA) is 49.3 Å². The van der Waals surface area contributed by atoms with Gasteiger partial charge < -0.3 is 5.11 Å². The van der Waals surface area contributed by atoms with Gasteiger partial charge in [0.2, 0.25) is 0 Å². The van der Waals surface area contributed by atoms with Gasteiger partial charge in [-0.1, -0.05) is 44.2 Å². The maximum Gasteiger partial charge on any atom is 0.328 e. The Labute approximate surface area is 109 Å². The Morgan fingerprint density at radius 1 is 1.17 bits per heavy atom. The first-order valence-corrected chi connectivity index (χ1v) is 6.46. The van der Waals surface area contributed by atoms with Crippen molar-refractivity contribution in [2.24, 2.45) is 0 Å². The van der Waals surface area contributed by atoms with Crippen molar-refractivity contribution >= 4 is 5.97 Å². The molecule has 0 aliphatic rings. The smallest absolute Gasteiger partial charge is 0.328 e. The first-order valence-electron chi connectivity index (χ1n) is 6.46. The summed E-state index contributed by atoms with van der Waals surface area (Å²) >= 11 is 0. The van der Waals surface area contributed by atoms with Crippen molar-refractivity contribution in [2.45, 2.75) is 51.6 Å². The van der Waals surface area contributed by atoms with E-state index in [0.29, 0.717) is 6.42 Å². The minimum Gasteiger partial charge on any atom is -0.480 e. The zero-order chi connectivity index (χ0) is 13.8. The number of nitrogens with one attached hydrogen (secondary N) is 1. The zero-order valence-electron chi connectivity index (χ0n) is 11.7. The molecule has 18 heavy (non-hydrogen) atoms. The van der Waals surface area contributed by atoms with Crippen molar-refractivity contribution < 1.29 is 9.90 Å².